The molecule has 1 aromatic rings. The molecule has 0 radical (unpaired) electrons. The summed E-state index contributed by atoms with van der Waals surface area (Å²) in [6, 6.07) is 5.64. The van der Waals surface area contributed by atoms with E-state index in [0.29, 0.717) is 5.75 Å². The molecule has 0 bridgehead atoms. The molecule has 0 aliphatic rings. The Labute approximate surface area is 111 Å². The van der Waals surface area contributed by atoms with Crippen molar-refractivity contribution in [3.05, 3.63) is 23.8 Å². The van der Waals surface area contributed by atoms with Crippen LogP contribution in [-0.4, -0.2) is 12.2 Å². The van der Waals surface area contributed by atoms with E-state index in [2.05, 4.69) is 6.92 Å². The first-order valence-corrected chi connectivity index (χ1v) is 7.13. The van der Waals surface area contributed by atoms with Gasteiger partial charge in [-0.3, -0.25) is 0 Å². The predicted molar refractivity (Wildman–Crippen MR) is 76.4 cm³/mol. The maximum Gasteiger partial charge on any atom is 0.160 e. The lowest BCUT2D eigenvalue weighted by Crippen LogP contribution is -1.89. The van der Waals surface area contributed by atoms with Gasteiger partial charge in [0.1, 0.15) is 0 Å². The number of hydrogen-bond acceptors (Lipinski definition) is 2. The molecule has 0 saturated heterocycles. The summed E-state index contributed by atoms with van der Waals surface area (Å²) < 4.78 is 5.11. The van der Waals surface area contributed by atoms with Crippen molar-refractivity contribution in [3.8, 4) is 11.5 Å². The van der Waals surface area contributed by atoms with Crippen molar-refractivity contribution >= 4 is 0 Å². The second-order valence-corrected chi connectivity index (χ2v) is 4.88. The van der Waals surface area contributed by atoms with E-state index >= 15 is 0 Å². The predicted octanol–water partition coefficient (Wildman–Crippen LogP) is 4.69. The molecule has 0 unspecified atom stereocenters. The minimum atomic E-state index is 0.223. The third-order valence-electron chi connectivity index (χ3n) is 3.31. The lowest BCUT2D eigenvalue weighted by molar-refractivity contribution is 0.373. The Morgan fingerprint density at radius 2 is 1.67 bits per heavy atom. The smallest absolute Gasteiger partial charge is 0.160 e. The van der Waals surface area contributed by atoms with Crippen LogP contribution in [0.2, 0.25) is 0 Å². The molecule has 0 aliphatic carbocycles. The molecule has 0 amide bonds. The van der Waals surface area contributed by atoms with Gasteiger partial charge in [-0.2, -0.15) is 0 Å². The average Bonchev–Trinajstić information content (AvgIpc) is 2.39. The zero-order valence-corrected chi connectivity index (χ0v) is 11.7. The van der Waals surface area contributed by atoms with Crippen LogP contribution >= 0.6 is 0 Å². The molecular weight excluding hydrogens is 224 g/mol. The molecule has 18 heavy (non-hydrogen) atoms. The van der Waals surface area contributed by atoms with Crippen LogP contribution in [0.15, 0.2) is 18.2 Å². The van der Waals surface area contributed by atoms with Crippen LogP contribution in [-0.2, 0) is 6.42 Å². The molecule has 1 N–H and O–H groups in total. The second-order valence-electron chi connectivity index (χ2n) is 4.88. The molecular formula is C16H26O2. The van der Waals surface area contributed by atoms with Gasteiger partial charge < -0.3 is 9.84 Å². The highest BCUT2D eigenvalue weighted by atomic mass is 16.5. The Balaban J connectivity index is 2.19. The number of phenols is 1. The van der Waals surface area contributed by atoms with Crippen LogP contribution < -0.4 is 4.74 Å². The molecule has 0 aromatic heterocycles. The van der Waals surface area contributed by atoms with Gasteiger partial charge in [-0.05, 0) is 30.5 Å². The fraction of sp³-hybridized carbons (Fsp3) is 0.625. The number of phenolic OH excluding ortho intramolecular Hbond substituents is 1. The summed E-state index contributed by atoms with van der Waals surface area (Å²) in [5, 5.41) is 9.50. The van der Waals surface area contributed by atoms with Gasteiger partial charge in [0.2, 0.25) is 0 Å². The number of aryl methyl sites for hydroxylation is 1. The molecule has 2 nitrogen and oxygen atoms in total. The molecule has 2 heteroatoms. The van der Waals surface area contributed by atoms with E-state index < -0.39 is 0 Å². The van der Waals surface area contributed by atoms with Crippen molar-refractivity contribution in [1.82, 2.24) is 0 Å². The maximum absolute atomic E-state index is 9.50. The average molecular weight is 250 g/mol. The summed E-state index contributed by atoms with van der Waals surface area (Å²) in [6.07, 6.45) is 10.4. The Morgan fingerprint density at radius 1 is 1.00 bits per heavy atom. The van der Waals surface area contributed by atoms with Crippen LogP contribution in [0.3, 0.4) is 0 Å². The topological polar surface area (TPSA) is 29.5 Å². The van der Waals surface area contributed by atoms with Crippen LogP contribution in [0.4, 0.5) is 0 Å². The van der Waals surface area contributed by atoms with Crippen LogP contribution in [0.1, 0.15) is 57.4 Å². The van der Waals surface area contributed by atoms with E-state index in [1.807, 2.05) is 12.1 Å². The normalized spacial score (nSPS) is 10.6. The minimum absolute atomic E-state index is 0.223. The number of benzene rings is 1. The van der Waals surface area contributed by atoms with E-state index in [9.17, 15) is 5.11 Å². The largest absolute Gasteiger partial charge is 0.504 e. The van der Waals surface area contributed by atoms with Crippen molar-refractivity contribution < 1.29 is 9.84 Å². The first kappa shape index (κ1) is 14.9. The standard InChI is InChI=1S/C16H26O2/c1-3-4-5-6-7-8-9-10-14-11-12-15(17)16(13-14)18-2/h11-13,17H,3-10H2,1-2H3. The van der Waals surface area contributed by atoms with Gasteiger partial charge in [0.05, 0.1) is 7.11 Å². The summed E-state index contributed by atoms with van der Waals surface area (Å²) >= 11 is 0. The van der Waals surface area contributed by atoms with E-state index in [1.54, 1.807) is 13.2 Å². The lowest BCUT2D eigenvalue weighted by atomic mass is 10.0. The van der Waals surface area contributed by atoms with Crippen molar-refractivity contribution in [3.63, 3.8) is 0 Å². The lowest BCUT2D eigenvalue weighted by Gasteiger charge is -2.06. The van der Waals surface area contributed by atoms with Crippen molar-refractivity contribution in [2.45, 2.75) is 58.3 Å². The SMILES string of the molecule is CCCCCCCCCc1ccc(O)c(OC)c1. The highest BCUT2D eigenvalue weighted by Crippen LogP contribution is 2.26. The molecule has 0 heterocycles. The highest BCUT2D eigenvalue weighted by molar-refractivity contribution is 5.41. The number of unbranched alkanes of at least 4 members (excludes halogenated alkanes) is 6. The first-order chi connectivity index (χ1) is 8.77. The van der Waals surface area contributed by atoms with Gasteiger partial charge in [-0.15, -0.1) is 0 Å². The molecule has 0 fully saturated rings. The second kappa shape index (κ2) is 8.84. The van der Waals surface area contributed by atoms with Gasteiger partial charge >= 0.3 is 0 Å². The number of rotatable bonds is 9. The van der Waals surface area contributed by atoms with Crippen molar-refractivity contribution in [2.24, 2.45) is 0 Å². The highest BCUT2D eigenvalue weighted by Gasteiger charge is 2.02. The summed E-state index contributed by atoms with van der Waals surface area (Å²) in [7, 11) is 1.59. The maximum atomic E-state index is 9.50. The fourth-order valence-electron chi connectivity index (χ4n) is 2.16. The molecule has 1 rings (SSSR count). The monoisotopic (exact) mass is 250 g/mol. The molecule has 0 saturated carbocycles. The van der Waals surface area contributed by atoms with Crippen molar-refractivity contribution in [1.29, 1.82) is 0 Å². The number of aromatic hydroxyl groups is 1. The van der Waals surface area contributed by atoms with Crippen LogP contribution in [0.5, 0.6) is 11.5 Å². The summed E-state index contributed by atoms with van der Waals surface area (Å²) in [5.41, 5.74) is 1.25. The molecule has 0 aliphatic heterocycles. The van der Waals surface area contributed by atoms with E-state index in [1.165, 1.54) is 50.5 Å². The third-order valence-corrected chi connectivity index (χ3v) is 3.31. The first-order valence-electron chi connectivity index (χ1n) is 7.13. The summed E-state index contributed by atoms with van der Waals surface area (Å²) in [5.74, 6) is 0.802. The minimum Gasteiger partial charge on any atom is -0.504 e. The summed E-state index contributed by atoms with van der Waals surface area (Å²) in [4.78, 5) is 0. The fourth-order valence-corrected chi connectivity index (χ4v) is 2.16. The third kappa shape index (κ3) is 5.44. The Morgan fingerprint density at radius 3 is 2.33 bits per heavy atom. The van der Waals surface area contributed by atoms with Gasteiger partial charge in [0.15, 0.2) is 11.5 Å². The molecule has 0 atom stereocenters. The number of hydrogen-bond donors (Lipinski definition) is 1. The molecule has 102 valence electrons. The van der Waals surface area contributed by atoms with E-state index in [-0.39, 0.29) is 5.75 Å². The van der Waals surface area contributed by atoms with Gasteiger partial charge in [-0.25, -0.2) is 0 Å². The molecule has 0 spiro atoms. The van der Waals surface area contributed by atoms with Gasteiger partial charge in [0, 0.05) is 0 Å². The number of methoxy groups -OCH3 is 1. The Hall–Kier alpha value is -1.18. The zero-order valence-electron chi connectivity index (χ0n) is 11.7. The van der Waals surface area contributed by atoms with E-state index in [0.717, 1.165) is 6.42 Å². The Bertz CT molecular complexity index is 334. The van der Waals surface area contributed by atoms with Crippen LogP contribution in [0.25, 0.3) is 0 Å². The summed E-state index contributed by atoms with van der Waals surface area (Å²) in [6.45, 7) is 2.25. The van der Waals surface area contributed by atoms with Crippen LogP contribution in [0, 0.1) is 0 Å². The zero-order chi connectivity index (χ0) is 13.2. The Kier molecular flexibility index (Phi) is 7.31. The van der Waals surface area contributed by atoms with Crippen molar-refractivity contribution in [2.75, 3.05) is 7.11 Å². The number of ether oxygens (including phenoxy) is 1. The van der Waals surface area contributed by atoms with E-state index in [4.69, 9.17) is 4.74 Å². The van der Waals surface area contributed by atoms with Gasteiger partial charge in [-0.1, -0.05) is 51.5 Å². The molecule has 1 aromatic carbocycles. The quantitative estimate of drug-likeness (QED) is 0.644. The van der Waals surface area contributed by atoms with Gasteiger partial charge in [0.25, 0.3) is 0 Å².